The fourth-order valence-electron chi connectivity index (χ4n) is 1.59. The van der Waals surface area contributed by atoms with Gasteiger partial charge >= 0.3 is 6.61 Å². The zero-order valence-electron chi connectivity index (χ0n) is 11.0. The van der Waals surface area contributed by atoms with E-state index in [1.807, 2.05) is 0 Å². The third-order valence-electron chi connectivity index (χ3n) is 2.52. The van der Waals surface area contributed by atoms with E-state index in [2.05, 4.69) is 15.0 Å². The van der Waals surface area contributed by atoms with E-state index in [-0.39, 0.29) is 11.3 Å². The molecule has 1 aromatic carbocycles. The molecule has 0 saturated carbocycles. The smallest absolute Gasteiger partial charge is 0.387 e. The van der Waals surface area contributed by atoms with Gasteiger partial charge in [0.1, 0.15) is 5.75 Å². The minimum absolute atomic E-state index is 0.0782. The van der Waals surface area contributed by atoms with Crippen molar-refractivity contribution in [1.29, 1.82) is 0 Å². The minimum atomic E-state index is -2.94. The SMILES string of the molecule is COc1ccc(NC(=O)c2cccc(OC(F)F)c2)cn1. The van der Waals surface area contributed by atoms with Crippen molar-refractivity contribution in [2.24, 2.45) is 0 Å². The standard InChI is InChI=1S/C14H12F2N2O3/c1-20-12-6-5-10(8-17-12)18-13(19)9-3-2-4-11(7-9)21-14(15)16/h2-8,14H,1H3,(H,18,19). The monoisotopic (exact) mass is 294 g/mol. The second kappa shape index (κ2) is 6.65. The summed E-state index contributed by atoms with van der Waals surface area (Å²) in [5.74, 6) is -0.118. The van der Waals surface area contributed by atoms with Crippen molar-refractivity contribution >= 4 is 11.6 Å². The number of carbonyl (C=O) groups excluding carboxylic acids is 1. The van der Waals surface area contributed by atoms with Crippen LogP contribution in [0.2, 0.25) is 0 Å². The van der Waals surface area contributed by atoms with Gasteiger partial charge in [-0.15, -0.1) is 0 Å². The maximum Gasteiger partial charge on any atom is 0.387 e. The number of alkyl halides is 2. The normalized spacial score (nSPS) is 10.3. The van der Waals surface area contributed by atoms with Crippen LogP contribution in [0, 0.1) is 0 Å². The van der Waals surface area contributed by atoms with Crippen molar-refractivity contribution in [3.63, 3.8) is 0 Å². The quantitative estimate of drug-likeness (QED) is 0.921. The van der Waals surface area contributed by atoms with E-state index in [9.17, 15) is 13.6 Å². The van der Waals surface area contributed by atoms with Crippen LogP contribution in [0.4, 0.5) is 14.5 Å². The van der Waals surface area contributed by atoms with Crippen LogP contribution in [0.3, 0.4) is 0 Å². The van der Waals surface area contributed by atoms with Gasteiger partial charge in [0.05, 0.1) is 19.0 Å². The number of anilines is 1. The summed E-state index contributed by atoms with van der Waals surface area (Å²) in [7, 11) is 1.48. The molecule has 0 fully saturated rings. The van der Waals surface area contributed by atoms with Gasteiger partial charge in [-0.3, -0.25) is 4.79 Å². The van der Waals surface area contributed by atoms with Crippen LogP contribution in [0.1, 0.15) is 10.4 Å². The average Bonchev–Trinajstić information content (AvgIpc) is 2.47. The number of aromatic nitrogens is 1. The highest BCUT2D eigenvalue weighted by Gasteiger charge is 2.10. The number of hydrogen-bond acceptors (Lipinski definition) is 4. The lowest BCUT2D eigenvalue weighted by Gasteiger charge is -2.08. The Morgan fingerprint density at radius 2 is 2.10 bits per heavy atom. The molecule has 0 atom stereocenters. The summed E-state index contributed by atoms with van der Waals surface area (Å²) in [6, 6.07) is 8.73. The zero-order valence-corrected chi connectivity index (χ0v) is 11.0. The third-order valence-corrected chi connectivity index (χ3v) is 2.52. The van der Waals surface area contributed by atoms with Crippen molar-refractivity contribution < 1.29 is 23.0 Å². The number of benzene rings is 1. The fraction of sp³-hybridized carbons (Fsp3) is 0.143. The highest BCUT2D eigenvalue weighted by atomic mass is 19.3. The molecule has 0 bridgehead atoms. The first-order valence-corrected chi connectivity index (χ1v) is 5.95. The zero-order chi connectivity index (χ0) is 15.2. The molecule has 1 aromatic heterocycles. The van der Waals surface area contributed by atoms with Crippen LogP contribution in [0.5, 0.6) is 11.6 Å². The topological polar surface area (TPSA) is 60.5 Å². The highest BCUT2D eigenvalue weighted by molar-refractivity contribution is 6.04. The number of ether oxygens (including phenoxy) is 2. The first-order valence-electron chi connectivity index (χ1n) is 5.95. The Kier molecular flexibility index (Phi) is 4.65. The number of methoxy groups -OCH3 is 1. The number of hydrogen-bond donors (Lipinski definition) is 1. The van der Waals surface area contributed by atoms with Crippen molar-refractivity contribution in [2.45, 2.75) is 6.61 Å². The summed E-state index contributed by atoms with van der Waals surface area (Å²) in [6.45, 7) is -2.94. The van der Waals surface area contributed by atoms with Crippen LogP contribution in [0.15, 0.2) is 42.6 Å². The Morgan fingerprint density at radius 1 is 1.29 bits per heavy atom. The van der Waals surface area contributed by atoms with Gasteiger partial charge in [-0.1, -0.05) is 6.07 Å². The molecular weight excluding hydrogens is 282 g/mol. The lowest BCUT2D eigenvalue weighted by Crippen LogP contribution is -2.12. The van der Waals surface area contributed by atoms with Gasteiger partial charge in [0.25, 0.3) is 5.91 Å². The average molecular weight is 294 g/mol. The van der Waals surface area contributed by atoms with E-state index in [1.54, 1.807) is 12.1 Å². The molecule has 2 rings (SSSR count). The van der Waals surface area contributed by atoms with E-state index in [4.69, 9.17) is 4.74 Å². The van der Waals surface area contributed by atoms with Gasteiger partial charge in [-0.25, -0.2) is 4.98 Å². The van der Waals surface area contributed by atoms with E-state index < -0.39 is 12.5 Å². The fourth-order valence-corrected chi connectivity index (χ4v) is 1.59. The second-order valence-corrected chi connectivity index (χ2v) is 3.95. The van der Waals surface area contributed by atoms with Crippen LogP contribution in [0.25, 0.3) is 0 Å². The lowest BCUT2D eigenvalue weighted by molar-refractivity contribution is -0.0498. The summed E-state index contributed by atoms with van der Waals surface area (Å²) in [5.41, 5.74) is 0.657. The van der Waals surface area contributed by atoms with E-state index >= 15 is 0 Å². The number of rotatable bonds is 5. The summed E-state index contributed by atoms with van der Waals surface area (Å²) in [5, 5.41) is 2.59. The van der Waals surface area contributed by atoms with Gasteiger partial charge in [-0.05, 0) is 24.3 Å². The van der Waals surface area contributed by atoms with E-state index in [0.29, 0.717) is 11.6 Å². The van der Waals surface area contributed by atoms with Crippen LogP contribution < -0.4 is 14.8 Å². The van der Waals surface area contributed by atoms with Gasteiger partial charge < -0.3 is 14.8 Å². The third kappa shape index (κ3) is 4.13. The first kappa shape index (κ1) is 14.7. The number of nitrogens with one attached hydrogen (secondary N) is 1. The van der Waals surface area contributed by atoms with Crippen LogP contribution in [-0.2, 0) is 0 Å². The van der Waals surface area contributed by atoms with Crippen molar-refractivity contribution in [3.05, 3.63) is 48.2 Å². The Labute approximate surface area is 119 Å². The number of pyridine rings is 1. The lowest BCUT2D eigenvalue weighted by atomic mass is 10.2. The molecule has 5 nitrogen and oxygen atoms in total. The van der Waals surface area contributed by atoms with E-state index in [1.165, 1.54) is 37.6 Å². The van der Waals surface area contributed by atoms with Crippen LogP contribution in [-0.4, -0.2) is 24.6 Å². The minimum Gasteiger partial charge on any atom is -0.481 e. The first-order chi connectivity index (χ1) is 10.1. The van der Waals surface area contributed by atoms with Gasteiger partial charge in [-0.2, -0.15) is 8.78 Å². The van der Waals surface area contributed by atoms with Crippen molar-refractivity contribution in [1.82, 2.24) is 4.98 Å². The summed E-state index contributed by atoms with van der Waals surface area (Å²) in [4.78, 5) is 15.9. The molecule has 1 heterocycles. The number of carbonyl (C=O) groups is 1. The Balaban J connectivity index is 2.08. The molecule has 2 aromatic rings. The molecule has 1 amide bonds. The summed E-state index contributed by atoms with van der Waals surface area (Å²) in [6.07, 6.45) is 1.43. The molecular formula is C14H12F2N2O3. The molecule has 0 radical (unpaired) electrons. The van der Waals surface area contributed by atoms with Crippen LogP contribution >= 0.6 is 0 Å². The van der Waals surface area contributed by atoms with Crippen molar-refractivity contribution in [3.8, 4) is 11.6 Å². The summed E-state index contributed by atoms with van der Waals surface area (Å²) < 4.78 is 33.4. The predicted molar refractivity (Wildman–Crippen MR) is 71.8 cm³/mol. The molecule has 0 unspecified atom stereocenters. The Morgan fingerprint density at radius 3 is 2.71 bits per heavy atom. The van der Waals surface area contributed by atoms with Gasteiger partial charge in [0, 0.05) is 11.6 Å². The maximum atomic E-state index is 12.1. The molecule has 0 aliphatic heterocycles. The molecule has 0 saturated heterocycles. The summed E-state index contributed by atoms with van der Waals surface area (Å²) >= 11 is 0. The highest BCUT2D eigenvalue weighted by Crippen LogP contribution is 2.17. The van der Waals surface area contributed by atoms with E-state index in [0.717, 1.165) is 0 Å². The van der Waals surface area contributed by atoms with Gasteiger partial charge in [0.2, 0.25) is 5.88 Å². The molecule has 7 heteroatoms. The molecule has 110 valence electrons. The number of amides is 1. The molecule has 0 spiro atoms. The maximum absolute atomic E-state index is 12.1. The van der Waals surface area contributed by atoms with Gasteiger partial charge in [0.15, 0.2) is 0 Å². The van der Waals surface area contributed by atoms with Crippen molar-refractivity contribution in [2.75, 3.05) is 12.4 Å². The predicted octanol–water partition coefficient (Wildman–Crippen LogP) is 2.94. The molecule has 0 aliphatic rings. The second-order valence-electron chi connectivity index (χ2n) is 3.95. The number of nitrogens with zero attached hydrogens (tertiary/aromatic N) is 1. The molecule has 1 N–H and O–H groups in total. The molecule has 21 heavy (non-hydrogen) atoms. The Bertz CT molecular complexity index is 618. The Hall–Kier alpha value is -2.70. The molecule has 0 aliphatic carbocycles. The number of halogens is 2. The largest absolute Gasteiger partial charge is 0.481 e.